The Morgan fingerprint density at radius 3 is 2.76 bits per heavy atom. The second-order valence-corrected chi connectivity index (χ2v) is 5.11. The van der Waals surface area contributed by atoms with E-state index in [1.54, 1.807) is 0 Å². The van der Waals surface area contributed by atoms with Crippen molar-refractivity contribution in [1.29, 1.82) is 0 Å². The maximum Gasteiger partial charge on any atom is 0.0739 e. The normalized spacial score (nSPS) is 13.0. The molecule has 0 aliphatic carbocycles. The van der Waals surface area contributed by atoms with Crippen LogP contribution < -0.4 is 5.73 Å². The zero-order valence-corrected chi connectivity index (χ0v) is 11.9. The Hall–Kier alpha value is -1.07. The molecule has 0 aliphatic rings. The lowest BCUT2D eigenvalue weighted by atomic mass is 10.2. The Morgan fingerprint density at radius 2 is 2.24 bits per heavy atom. The summed E-state index contributed by atoms with van der Waals surface area (Å²) in [5.74, 6) is 0. The lowest BCUT2D eigenvalue weighted by molar-refractivity contribution is 0.624. The van der Waals surface area contributed by atoms with Crippen LogP contribution in [0.4, 0.5) is 0 Å². The van der Waals surface area contributed by atoms with E-state index in [1.807, 2.05) is 37.8 Å². The fourth-order valence-electron chi connectivity index (χ4n) is 2.00. The van der Waals surface area contributed by atoms with Crippen molar-refractivity contribution >= 4 is 15.9 Å². The van der Waals surface area contributed by atoms with E-state index in [-0.39, 0.29) is 6.04 Å². The van der Waals surface area contributed by atoms with Crippen molar-refractivity contribution in [2.45, 2.75) is 26.4 Å². The predicted octanol–water partition coefficient (Wildman–Crippen LogP) is 2.36. The molecule has 2 aromatic heterocycles. The van der Waals surface area contributed by atoms with Crippen LogP contribution in [0.2, 0.25) is 0 Å². The summed E-state index contributed by atoms with van der Waals surface area (Å²) in [5, 5.41) is 4.39. The first kappa shape index (κ1) is 12.4. The minimum Gasteiger partial charge on any atom is -0.344 e. The maximum atomic E-state index is 5.94. The van der Waals surface area contributed by atoms with Crippen molar-refractivity contribution in [3.63, 3.8) is 0 Å². The Kier molecular flexibility index (Phi) is 3.40. The lowest BCUT2D eigenvalue weighted by Crippen LogP contribution is -2.14. The van der Waals surface area contributed by atoms with Gasteiger partial charge >= 0.3 is 0 Å². The molecule has 0 aliphatic heterocycles. The number of hydrogen-bond acceptors (Lipinski definition) is 2. The van der Waals surface area contributed by atoms with Crippen LogP contribution in [-0.4, -0.2) is 14.3 Å². The van der Waals surface area contributed by atoms with Gasteiger partial charge in [-0.1, -0.05) is 0 Å². The highest BCUT2D eigenvalue weighted by atomic mass is 79.9. The van der Waals surface area contributed by atoms with Crippen LogP contribution in [0.1, 0.15) is 30.0 Å². The fraction of sp³-hybridized carbons (Fsp3) is 0.417. The molecule has 1 atom stereocenters. The predicted molar refractivity (Wildman–Crippen MR) is 71.8 cm³/mol. The molecule has 0 amide bonds. The van der Waals surface area contributed by atoms with Crippen molar-refractivity contribution in [3.8, 4) is 0 Å². The molecule has 1 unspecified atom stereocenters. The molecule has 4 nitrogen and oxygen atoms in total. The van der Waals surface area contributed by atoms with Crippen molar-refractivity contribution in [2.75, 3.05) is 0 Å². The van der Waals surface area contributed by atoms with Gasteiger partial charge in [-0.25, -0.2) is 0 Å². The summed E-state index contributed by atoms with van der Waals surface area (Å²) in [4.78, 5) is 0. The van der Waals surface area contributed by atoms with E-state index in [1.165, 1.54) is 0 Å². The summed E-state index contributed by atoms with van der Waals surface area (Å²) in [6, 6.07) is 4.12. The lowest BCUT2D eigenvalue weighted by Gasteiger charge is -2.12. The Morgan fingerprint density at radius 1 is 1.53 bits per heavy atom. The topological polar surface area (TPSA) is 48.8 Å². The third-order valence-corrected chi connectivity index (χ3v) is 3.94. The van der Waals surface area contributed by atoms with Crippen LogP contribution >= 0.6 is 15.9 Å². The molecule has 2 aromatic rings. The van der Waals surface area contributed by atoms with Gasteiger partial charge in [-0.15, -0.1) is 0 Å². The highest BCUT2D eigenvalue weighted by Gasteiger charge is 2.13. The molecule has 0 saturated carbocycles. The number of aromatic nitrogens is 3. The van der Waals surface area contributed by atoms with E-state index in [2.05, 4.69) is 31.7 Å². The van der Waals surface area contributed by atoms with Crippen LogP contribution in [0, 0.1) is 6.92 Å². The first-order chi connectivity index (χ1) is 8.00. The SMILES string of the molecule is Cc1nn(C)c(Cn2cccc2C(C)N)c1Br. The number of nitrogens with zero attached hydrogens (tertiary/aromatic N) is 3. The summed E-state index contributed by atoms with van der Waals surface area (Å²) in [6.45, 7) is 4.77. The van der Waals surface area contributed by atoms with Crippen molar-refractivity contribution in [3.05, 3.63) is 39.9 Å². The smallest absolute Gasteiger partial charge is 0.0739 e. The van der Waals surface area contributed by atoms with Gasteiger partial charge in [0.2, 0.25) is 0 Å². The fourth-order valence-corrected chi connectivity index (χ4v) is 2.46. The molecule has 17 heavy (non-hydrogen) atoms. The molecule has 0 bridgehead atoms. The maximum absolute atomic E-state index is 5.94. The number of nitrogens with two attached hydrogens (primary N) is 1. The van der Waals surface area contributed by atoms with Crippen molar-refractivity contribution in [1.82, 2.24) is 14.3 Å². The summed E-state index contributed by atoms with van der Waals surface area (Å²) in [5.41, 5.74) is 9.24. The van der Waals surface area contributed by atoms with Crippen LogP contribution in [-0.2, 0) is 13.6 Å². The summed E-state index contributed by atoms with van der Waals surface area (Å²) >= 11 is 3.58. The Labute approximate surface area is 110 Å². The molecular formula is C12H17BrN4. The van der Waals surface area contributed by atoms with Gasteiger partial charge in [0.25, 0.3) is 0 Å². The van der Waals surface area contributed by atoms with Crippen molar-refractivity contribution in [2.24, 2.45) is 12.8 Å². The van der Waals surface area contributed by atoms with E-state index < -0.39 is 0 Å². The summed E-state index contributed by atoms with van der Waals surface area (Å²) in [7, 11) is 1.96. The summed E-state index contributed by atoms with van der Waals surface area (Å²) in [6.07, 6.45) is 2.05. The van der Waals surface area contributed by atoms with E-state index in [0.29, 0.717) is 0 Å². The zero-order valence-electron chi connectivity index (χ0n) is 10.3. The minimum atomic E-state index is 0.0399. The van der Waals surface area contributed by atoms with E-state index in [9.17, 15) is 0 Å². The average Bonchev–Trinajstić information content (AvgIpc) is 2.80. The van der Waals surface area contributed by atoms with Gasteiger partial charge < -0.3 is 10.3 Å². The highest BCUT2D eigenvalue weighted by molar-refractivity contribution is 9.10. The monoisotopic (exact) mass is 296 g/mol. The molecule has 0 spiro atoms. The first-order valence-electron chi connectivity index (χ1n) is 5.59. The van der Waals surface area contributed by atoms with Gasteiger partial charge in [0.05, 0.1) is 22.4 Å². The van der Waals surface area contributed by atoms with Crippen LogP contribution in [0.5, 0.6) is 0 Å². The standard InChI is InChI=1S/C12H17BrN4/c1-8(14)10-5-4-6-17(10)7-11-12(13)9(2)15-16(11)3/h4-6,8H,7,14H2,1-3H3. The largest absolute Gasteiger partial charge is 0.344 e. The molecule has 5 heteroatoms. The number of halogens is 1. The van der Waals surface area contributed by atoms with Crippen LogP contribution in [0.15, 0.2) is 22.8 Å². The van der Waals surface area contributed by atoms with Gasteiger partial charge in [0, 0.05) is 25.0 Å². The highest BCUT2D eigenvalue weighted by Crippen LogP contribution is 2.22. The third kappa shape index (κ3) is 2.30. The van der Waals surface area contributed by atoms with E-state index in [4.69, 9.17) is 5.73 Å². The number of aryl methyl sites for hydroxylation is 2. The number of hydrogen-bond donors (Lipinski definition) is 1. The Bertz CT molecular complexity index is 525. The second kappa shape index (κ2) is 4.66. The third-order valence-electron chi connectivity index (χ3n) is 2.91. The average molecular weight is 297 g/mol. The van der Waals surface area contributed by atoms with Crippen LogP contribution in [0.25, 0.3) is 0 Å². The van der Waals surface area contributed by atoms with Gasteiger partial charge in [-0.3, -0.25) is 4.68 Å². The van der Waals surface area contributed by atoms with Gasteiger partial charge in [-0.05, 0) is 41.9 Å². The minimum absolute atomic E-state index is 0.0399. The molecular weight excluding hydrogens is 280 g/mol. The van der Waals surface area contributed by atoms with Crippen molar-refractivity contribution < 1.29 is 0 Å². The molecule has 0 fully saturated rings. The zero-order chi connectivity index (χ0) is 12.6. The quantitative estimate of drug-likeness (QED) is 0.945. The van der Waals surface area contributed by atoms with Gasteiger partial charge in [-0.2, -0.15) is 5.10 Å². The van der Waals surface area contributed by atoms with Gasteiger partial charge in [0.1, 0.15) is 0 Å². The van der Waals surface area contributed by atoms with Gasteiger partial charge in [0.15, 0.2) is 0 Å². The van der Waals surface area contributed by atoms with E-state index in [0.717, 1.165) is 28.1 Å². The first-order valence-corrected chi connectivity index (χ1v) is 6.38. The summed E-state index contributed by atoms with van der Waals surface area (Å²) < 4.78 is 5.14. The molecule has 2 rings (SSSR count). The number of rotatable bonds is 3. The molecule has 2 N–H and O–H groups in total. The second-order valence-electron chi connectivity index (χ2n) is 4.32. The molecule has 2 heterocycles. The molecule has 0 aromatic carbocycles. The Balaban J connectivity index is 2.35. The molecule has 92 valence electrons. The molecule has 0 saturated heterocycles. The molecule has 0 radical (unpaired) electrons. The van der Waals surface area contributed by atoms with E-state index >= 15 is 0 Å². The van der Waals surface area contributed by atoms with Crippen LogP contribution in [0.3, 0.4) is 0 Å².